The predicted molar refractivity (Wildman–Crippen MR) is 151 cm³/mol. The molecule has 1 saturated heterocycles. The maximum absolute atomic E-state index is 14.6. The van der Waals surface area contributed by atoms with Crippen molar-refractivity contribution in [2.45, 2.75) is 32.4 Å². The highest BCUT2D eigenvalue weighted by Crippen LogP contribution is 2.31. The van der Waals surface area contributed by atoms with Gasteiger partial charge < -0.3 is 20.1 Å². The summed E-state index contributed by atoms with van der Waals surface area (Å²) < 4.78 is 25.6. The van der Waals surface area contributed by atoms with Gasteiger partial charge in [-0.25, -0.2) is 4.39 Å². The van der Waals surface area contributed by atoms with E-state index < -0.39 is 17.6 Å². The van der Waals surface area contributed by atoms with Crippen LogP contribution < -0.4 is 20.1 Å². The van der Waals surface area contributed by atoms with Gasteiger partial charge in [0.15, 0.2) is 11.5 Å². The van der Waals surface area contributed by atoms with Crippen molar-refractivity contribution in [1.82, 2.24) is 9.88 Å². The number of likely N-dealkylation sites (tertiary alicyclic amines) is 1. The van der Waals surface area contributed by atoms with E-state index in [0.29, 0.717) is 47.6 Å². The number of aromatic nitrogens is 1. The average molecular weight is 541 g/mol. The van der Waals surface area contributed by atoms with Crippen molar-refractivity contribution in [2.24, 2.45) is 0 Å². The summed E-state index contributed by atoms with van der Waals surface area (Å²) in [6.45, 7) is 5.00. The second-order valence-electron chi connectivity index (χ2n) is 10.1. The van der Waals surface area contributed by atoms with E-state index in [9.17, 15) is 14.0 Å². The number of carbonyl (C=O) groups excluding carboxylic acids is 2. The number of hydrogen-bond acceptors (Lipinski definition) is 6. The Morgan fingerprint density at radius 3 is 2.52 bits per heavy atom. The molecule has 3 aromatic carbocycles. The van der Waals surface area contributed by atoms with Crippen LogP contribution in [0.5, 0.6) is 11.5 Å². The lowest BCUT2D eigenvalue weighted by Crippen LogP contribution is -2.26. The first kappa shape index (κ1) is 25.8. The Labute approximate surface area is 231 Å². The number of ether oxygens (including phenoxy) is 2. The van der Waals surface area contributed by atoms with Crippen molar-refractivity contribution in [3.05, 3.63) is 89.4 Å². The van der Waals surface area contributed by atoms with Crippen LogP contribution in [0.2, 0.25) is 0 Å². The number of nitrogens with zero attached hydrogens (tertiary/aromatic N) is 2. The molecule has 1 fully saturated rings. The largest absolute Gasteiger partial charge is 0.486 e. The minimum absolute atomic E-state index is 0.0433. The number of benzene rings is 3. The number of fused-ring (bicyclic) bond motifs is 2. The summed E-state index contributed by atoms with van der Waals surface area (Å²) in [6, 6.07) is 18.7. The molecular formula is C31H29FN4O4. The van der Waals surface area contributed by atoms with Gasteiger partial charge in [-0.05, 0) is 87.0 Å². The van der Waals surface area contributed by atoms with E-state index >= 15 is 0 Å². The lowest BCUT2D eigenvalue weighted by molar-refractivity contribution is 0.101. The summed E-state index contributed by atoms with van der Waals surface area (Å²) in [6.07, 6.45) is 2.42. The second kappa shape index (κ2) is 10.9. The van der Waals surface area contributed by atoms with Gasteiger partial charge in [-0.3, -0.25) is 19.5 Å². The first-order chi connectivity index (χ1) is 19.4. The van der Waals surface area contributed by atoms with Crippen molar-refractivity contribution >= 4 is 34.1 Å². The first-order valence-electron chi connectivity index (χ1n) is 13.4. The Hall–Kier alpha value is -4.50. The van der Waals surface area contributed by atoms with E-state index in [0.717, 1.165) is 29.7 Å². The number of halogens is 1. The van der Waals surface area contributed by atoms with Gasteiger partial charge in [-0.1, -0.05) is 6.07 Å². The van der Waals surface area contributed by atoms with Crippen LogP contribution in [0.3, 0.4) is 0 Å². The molecule has 2 amide bonds. The molecule has 4 aromatic rings. The van der Waals surface area contributed by atoms with Crippen LogP contribution in [0.1, 0.15) is 46.2 Å². The molecule has 9 heteroatoms. The Bertz CT molecular complexity index is 1610. The Balaban J connectivity index is 1.14. The van der Waals surface area contributed by atoms with Crippen LogP contribution in [0.25, 0.3) is 10.9 Å². The van der Waals surface area contributed by atoms with Gasteiger partial charge in [0.05, 0.1) is 16.9 Å². The van der Waals surface area contributed by atoms with Gasteiger partial charge in [0.2, 0.25) is 0 Å². The van der Waals surface area contributed by atoms with E-state index in [4.69, 9.17) is 14.5 Å². The SMILES string of the molecule is CC1CCCN1Cc1ccc2cc(C(=O)Nc3cc(NC(=O)c4ccc5c(c4)OCCO5)ccc3F)ccc2n1. The van der Waals surface area contributed by atoms with Crippen LogP contribution in [0, 0.1) is 5.82 Å². The zero-order valence-electron chi connectivity index (χ0n) is 22.1. The highest BCUT2D eigenvalue weighted by atomic mass is 19.1. The molecule has 8 nitrogen and oxygen atoms in total. The van der Waals surface area contributed by atoms with E-state index in [-0.39, 0.29) is 5.69 Å². The van der Waals surface area contributed by atoms with Crippen molar-refractivity contribution in [1.29, 1.82) is 0 Å². The van der Waals surface area contributed by atoms with Crippen LogP contribution in [0.15, 0.2) is 66.7 Å². The Morgan fingerprint density at radius 1 is 0.925 bits per heavy atom. The van der Waals surface area contributed by atoms with Crippen molar-refractivity contribution < 1.29 is 23.5 Å². The summed E-state index contributed by atoms with van der Waals surface area (Å²) >= 11 is 0. The van der Waals surface area contributed by atoms with Crippen LogP contribution in [-0.4, -0.2) is 47.5 Å². The fourth-order valence-corrected chi connectivity index (χ4v) is 5.11. The molecule has 0 radical (unpaired) electrons. The molecule has 1 atom stereocenters. The third-order valence-electron chi connectivity index (χ3n) is 7.34. The quantitative estimate of drug-likeness (QED) is 0.329. The number of nitrogens with one attached hydrogen (secondary N) is 2. The van der Waals surface area contributed by atoms with E-state index in [1.807, 2.05) is 18.2 Å². The fourth-order valence-electron chi connectivity index (χ4n) is 5.11. The van der Waals surface area contributed by atoms with Crippen molar-refractivity contribution in [3.8, 4) is 11.5 Å². The predicted octanol–water partition coefficient (Wildman–Crippen LogP) is 5.63. The number of anilines is 2. The minimum atomic E-state index is -0.617. The molecule has 2 aliphatic rings. The smallest absolute Gasteiger partial charge is 0.255 e. The monoisotopic (exact) mass is 540 g/mol. The maximum Gasteiger partial charge on any atom is 0.255 e. The van der Waals surface area contributed by atoms with Gasteiger partial charge in [0, 0.05) is 34.8 Å². The standard InChI is InChI=1S/C31H29FN4O4/c1-19-3-2-12-36(19)18-24-7-4-20-15-21(5-10-26(20)33-24)31(38)35-27-17-23(8-9-25(27)32)34-30(37)22-6-11-28-29(16-22)40-14-13-39-28/h4-11,15-17,19H,2-3,12-14,18H2,1H3,(H,34,37)(H,35,38). The van der Waals surface area contributed by atoms with E-state index in [2.05, 4.69) is 22.5 Å². The molecule has 0 saturated carbocycles. The van der Waals surface area contributed by atoms with Crippen LogP contribution in [0.4, 0.5) is 15.8 Å². The van der Waals surface area contributed by atoms with Crippen LogP contribution >= 0.6 is 0 Å². The van der Waals surface area contributed by atoms with Crippen molar-refractivity contribution in [2.75, 3.05) is 30.4 Å². The highest BCUT2D eigenvalue weighted by Gasteiger charge is 2.21. The number of pyridine rings is 1. The number of amides is 2. The molecular weight excluding hydrogens is 511 g/mol. The first-order valence-corrected chi connectivity index (χ1v) is 13.4. The zero-order valence-corrected chi connectivity index (χ0v) is 22.1. The van der Waals surface area contributed by atoms with Gasteiger partial charge in [0.1, 0.15) is 19.0 Å². The lowest BCUT2D eigenvalue weighted by Gasteiger charge is -2.20. The second-order valence-corrected chi connectivity index (χ2v) is 10.1. The highest BCUT2D eigenvalue weighted by molar-refractivity contribution is 6.07. The third kappa shape index (κ3) is 5.46. The Morgan fingerprint density at radius 2 is 1.70 bits per heavy atom. The molecule has 1 unspecified atom stereocenters. The molecule has 204 valence electrons. The molecule has 0 bridgehead atoms. The lowest BCUT2D eigenvalue weighted by atomic mass is 10.1. The molecule has 0 aliphatic carbocycles. The molecule has 1 aromatic heterocycles. The molecule has 0 spiro atoms. The van der Waals surface area contributed by atoms with Crippen LogP contribution in [-0.2, 0) is 6.54 Å². The number of rotatable bonds is 6. The Kier molecular flexibility index (Phi) is 7.04. The fraction of sp³-hybridized carbons (Fsp3) is 0.258. The summed E-state index contributed by atoms with van der Waals surface area (Å²) in [7, 11) is 0. The third-order valence-corrected chi connectivity index (χ3v) is 7.34. The normalized spacial score (nSPS) is 16.6. The van der Waals surface area contributed by atoms with Gasteiger partial charge in [-0.2, -0.15) is 0 Å². The maximum atomic E-state index is 14.6. The van der Waals surface area contributed by atoms with Crippen molar-refractivity contribution in [3.63, 3.8) is 0 Å². The zero-order chi connectivity index (χ0) is 27.6. The molecule has 40 heavy (non-hydrogen) atoms. The molecule has 6 rings (SSSR count). The minimum Gasteiger partial charge on any atom is -0.486 e. The van der Waals surface area contributed by atoms with Gasteiger partial charge in [-0.15, -0.1) is 0 Å². The number of carbonyl (C=O) groups is 2. The topological polar surface area (TPSA) is 92.8 Å². The van der Waals surface area contributed by atoms with Gasteiger partial charge in [0.25, 0.3) is 11.8 Å². The van der Waals surface area contributed by atoms with E-state index in [1.165, 1.54) is 31.0 Å². The summed E-state index contributed by atoms with van der Waals surface area (Å²) in [5.41, 5.74) is 2.83. The summed E-state index contributed by atoms with van der Waals surface area (Å²) in [5.74, 6) is -0.411. The summed E-state index contributed by atoms with van der Waals surface area (Å²) in [5, 5.41) is 6.19. The average Bonchev–Trinajstić information content (AvgIpc) is 3.37. The molecule has 3 heterocycles. The summed E-state index contributed by atoms with van der Waals surface area (Å²) in [4.78, 5) is 33.0. The van der Waals surface area contributed by atoms with E-state index in [1.54, 1.807) is 30.3 Å². The molecule has 2 N–H and O–H groups in total. The van der Waals surface area contributed by atoms with Gasteiger partial charge >= 0.3 is 0 Å². The number of hydrogen-bond donors (Lipinski definition) is 2. The molecule has 2 aliphatic heterocycles.